The second kappa shape index (κ2) is 3.59. The maximum Gasteiger partial charge on any atom is 0.122 e. The Balaban J connectivity index is 2.39. The fraction of sp³-hybridized carbons (Fsp3) is 0.455. The Kier molecular flexibility index (Phi) is 2.45. The van der Waals surface area contributed by atoms with Gasteiger partial charge < -0.3 is 4.74 Å². The molecule has 1 aromatic rings. The second-order valence-corrected chi connectivity index (χ2v) is 4.06. The molecule has 0 spiro atoms. The van der Waals surface area contributed by atoms with Crippen molar-refractivity contribution < 1.29 is 4.74 Å². The first kappa shape index (κ1) is 8.89. The quantitative estimate of drug-likeness (QED) is 0.628. The number of fused-ring (bicyclic) bond motifs is 1. The Bertz CT molecular complexity index is 309. The summed E-state index contributed by atoms with van der Waals surface area (Å²) in [6.45, 7) is 0. The van der Waals surface area contributed by atoms with E-state index in [-0.39, 0.29) is 0 Å². The molecule has 0 amide bonds. The summed E-state index contributed by atoms with van der Waals surface area (Å²) in [5.41, 5.74) is 2.70. The van der Waals surface area contributed by atoms with Crippen molar-refractivity contribution in [3.63, 3.8) is 0 Å². The zero-order chi connectivity index (χ0) is 9.26. The van der Waals surface area contributed by atoms with Crippen molar-refractivity contribution in [3.05, 3.63) is 29.3 Å². The van der Waals surface area contributed by atoms with Crippen LogP contribution in [0.25, 0.3) is 0 Å². The van der Waals surface area contributed by atoms with Gasteiger partial charge in [-0.3, -0.25) is 0 Å². The molecule has 0 saturated heterocycles. The van der Waals surface area contributed by atoms with Crippen molar-refractivity contribution in [2.75, 3.05) is 7.11 Å². The normalized spacial score (nSPS) is 20.9. The zero-order valence-corrected chi connectivity index (χ0v) is 8.47. The molecule has 13 heavy (non-hydrogen) atoms. The molecule has 1 nitrogen and oxygen atoms in total. The van der Waals surface area contributed by atoms with Gasteiger partial charge in [0.1, 0.15) is 5.75 Å². The van der Waals surface area contributed by atoms with E-state index in [1.165, 1.54) is 11.1 Å². The highest BCUT2D eigenvalue weighted by atomic mass is 35.5. The van der Waals surface area contributed by atoms with Gasteiger partial charge in [0, 0.05) is 5.38 Å². The SMILES string of the molecule is COc1cccc2c1CC[C@@H](Cl)C2. The van der Waals surface area contributed by atoms with E-state index in [0.29, 0.717) is 5.38 Å². The van der Waals surface area contributed by atoms with Crippen LogP contribution in [0.3, 0.4) is 0 Å². The Morgan fingerprint density at radius 3 is 3.08 bits per heavy atom. The van der Waals surface area contributed by atoms with Crippen molar-refractivity contribution in [1.82, 2.24) is 0 Å². The first-order chi connectivity index (χ1) is 6.31. The monoisotopic (exact) mass is 196 g/mol. The maximum absolute atomic E-state index is 6.10. The summed E-state index contributed by atoms with van der Waals surface area (Å²) in [6.07, 6.45) is 3.09. The third kappa shape index (κ3) is 1.66. The number of alkyl halides is 1. The highest BCUT2D eigenvalue weighted by molar-refractivity contribution is 6.20. The van der Waals surface area contributed by atoms with Crippen molar-refractivity contribution in [2.45, 2.75) is 24.6 Å². The standard InChI is InChI=1S/C11H13ClO/c1-13-11-4-2-3-8-7-9(12)5-6-10(8)11/h2-4,9H,5-7H2,1H3/t9-/m1/s1. The number of rotatable bonds is 1. The molecule has 0 radical (unpaired) electrons. The van der Waals surface area contributed by atoms with Crippen molar-refractivity contribution in [3.8, 4) is 5.75 Å². The van der Waals surface area contributed by atoms with Gasteiger partial charge in [-0.1, -0.05) is 12.1 Å². The van der Waals surface area contributed by atoms with Crippen LogP contribution in [0, 0.1) is 0 Å². The van der Waals surface area contributed by atoms with Crippen LogP contribution >= 0.6 is 11.6 Å². The van der Waals surface area contributed by atoms with Gasteiger partial charge in [-0.05, 0) is 36.5 Å². The Labute approximate surface area is 83.7 Å². The minimum absolute atomic E-state index is 0.305. The molecule has 0 aliphatic heterocycles. The Hall–Kier alpha value is -0.690. The van der Waals surface area contributed by atoms with E-state index in [9.17, 15) is 0 Å². The summed E-state index contributed by atoms with van der Waals surface area (Å²) in [7, 11) is 1.72. The molecule has 0 unspecified atom stereocenters. The molecule has 1 aromatic carbocycles. The molecule has 0 aromatic heterocycles. The van der Waals surface area contributed by atoms with E-state index in [2.05, 4.69) is 6.07 Å². The summed E-state index contributed by atoms with van der Waals surface area (Å²) in [5, 5.41) is 0.305. The number of hydrogen-bond donors (Lipinski definition) is 0. The summed E-state index contributed by atoms with van der Waals surface area (Å²) in [6, 6.07) is 6.20. The summed E-state index contributed by atoms with van der Waals surface area (Å²) < 4.78 is 5.30. The molecular formula is C11H13ClO. The third-order valence-electron chi connectivity index (χ3n) is 2.60. The average molecular weight is 197 g/mol. The van der Waals surface area contributed by atoms with E-state index in [1.807, 2.05) is 12.1 Å². The van der Waals surface area contributed by atoms with Gasteiger partial charge in [-0.2, -0.15) is 0 Å². The zero-order valence-electron chi connectivity index (χ0n) is 7.72. The van der Waals surface area contributed by atoms with E-state index in [4.69, 9.17) is 16.3 Å². The number of methoxy groups -OCH3 is 1. The molecule has 0 bridgehead atoms. The van der Waals surface area contributed by atoms with E-state index in [0.717, 1.165) is 25.0 Å². The van der Waals surface area contributed by atoms with Gasteiger partial charge in [-0.15, -0.1) is 11.6 Å². The predicted molar refractivity (Wildman–Crippen MR) is 54.7 cm³/mol. The molecule has 2 rings (SSSR count). The molecule has 0 fully saturated rings. The van der Waals surface area contributed by atoms with Crippen LogP contribution in [-0.4, -0.2) is 12.5 Å². The van der Waals surface area contributed by atoms with Crippen LogP contribution < -0.4 is 4.74 Å². The van der Waals surface area contributed by atoms with Crippen LogP contribution in [-0.2, 0) is 12.8 Å². The van der Waals surface area contributed by atoms with Gasteiger partial charge in [0.2, 0.25) is 0 Å². The molecule has 1 aliphatic rings. The first-order valence-corrected chi connectivity index (χ1v) is 5.03. The highest BCUT2D eigenvalue weighted by Crippen LogP contribution is 2.31. The number of hydrogen-bond acceptors (Lipinski definition) is 1. The van der Waals surface area contributed by atoms with Gasteiger partial charge in [0.15, 0.2) is 0 Å². The van der Waals surface area contributed by atoms with Crippen LogP contribution in [0.5, 0.6) is 5.75 Å². The van der Waals surface area contributed by atoms with Gasteiger partial charge in [-0.25, -0.2) is 0 Å². The molecule has 2 heteroatoms. The minimum Gasteiger partial charge on any atom is -0.496 e. The van der Waals surface area contributed by atoms with E-state index >= 15 is 0 Å². The lowest BCUT2D eigenvalue weighted by Crippen LogP contribution is -2.14. The van der Waals surface area contributed by atoms with Gasteiger partial charge in [0.25, 0.3) is 0 Å². The molecule has 0 N–H and O–H groups in total. The average Bonchev–Trinajstić information content (AvgIpc) is 2.16. The van der Waals surface area contributed by atoms with E-state index in [1.54, 1.807) is 7.11 Å². The van der Waals surface area contributed by atoms with E-state index < -0.39 is 0 Å². The lowest BCUT2D eigenvalue weighted by Gasteiger charge is -2.21. The smallest absolute Gasteiger partial charge is 0.122 e. The van der Waals surface area contributed by atoms with Crippen molar-refractivity contribution in [1.29, 1.82) is 0 Å². The van der Waals surface area contributed by atoms with Gasteiger partial charge >= 0.3 is 0 Å². The lowest BCUT2D eigenvalue weighted by molar-refractivity contribution is 0.406. The molecule has 1 atom stereocenters. The maximum atomic E-state index is 6.10. The van der Waals surface area contributed by atoms with Crippen molar-refractivity contribution in [2.24, 2.45) is 0 Å². The van der Waals surface area contributed by atoms with Gasteiger partial charge in [0.05, 0.1) is 7.11 Å². The van der Waals surface area contributed by atoms with Crippen LogP contribution in [0.1, 0.15) is 17.5 Å². The number of benzene rings is 1. The summed E-state index contributed by atoms with van der Waals surface area (Å²) in [4.78, 5) is 0. The molecule has 0 heterocycles. The largest absolute Gasteiger partial charge is 0.496 e. The molecule has 70 valence electrons. The first-order valence-electron chi connectivity index (χ1n) is 4.60. The van der Waals surface area contributed by atoms with Crippen LogP contribution in [0.2, 0.25) is 0 Å². The molecule has 0 saturated carbocycles. The second-order valence-electron chi connectivity index (χ2n) is 3.44. The number of halogens is 1. The van der Waals surface area contributed by atoms with Crippen LogP contribution in [0.15, 0.2) is 18.2 Å². The fourth-order valence-electron chi connectivity index (χ4n) is 1.92. The Morgan fingerprint density at radius 1 is 1.46 bits per heavy atom. The minimum atomic E-state index is 0.305. The summed E-state index contributed by atoms with van der Waals surface area (Å²) in [5.74, 6) is 1.01. The lowest BCUT2D eigenvalue weighted by atomic mass is 9.91. The molecular weight excluding hydrogens is 184 g/mol. The fourth-order valence-corrected chi connectivity index (χ4v) is 2.19. The Morgan fingerprint density at radius 2 is 2.31 bits per heavy atom. The number of ether oxygens (including phenoxy) is 1. The topological polar surface area (TPSA) is 9.23 Å². The highest BCUT2D eigenvalue weighted by Gasteiger charge is 2.18. The third-order valence-corrected chi connectivity index (χ3v) is 2.97. The summed E-state index contributed by atoms with van der Waals surface area (Å²) >= 11 is 6.10. The predicted octanol–water partition coefficient (Wildman–Crippen LogP) is 2.79. The van der Waals surface area contributed by atoms with Crippen molar-refractivity contribution >= 4 is 11.6 Å². The molecule has 1 aliphatic carbocycles. The van der Waals surface area contributed by atoms with Crippen LogP contribution in [0.4, 0.5) is 0 Å².